The molecule has 2 aromatic heterocycles. The number of carbonyl (C=O) groups is 1. The third-order valence-corrected chi connectivity index (χ3v) is 6.02. The lowest BCUT2D eigenvalue weighted by Crippen LogP contribution is -2.35. The van der Waals surface area contributed by atoms with Crippen molar-refractivity contribution < 1.29 is 4.79 Å². The van der Waals surface area contributed by atoms with Gasteiger partial charge in [0.15, 0.2) is 5.65 Å². The van der Waals surface area contributed by atoms with Crippen molar-refractivity contribution in [1.29, 1.82) is 0 Å². The number of amides is 1. The number of nitrogens with zero attached hydrogens (tertiary/aromatic N) is 4. The zero-order valence-corrected chi connectivity index (χ0v) is 17.4. The fourth-order valence-electron chi connectivity index (χ4n) is 4.32. The van der Waals surface area contributed by atoms with Crippen molar-refractivity contribution in [3.8, 4) is 0 Å². The fourth-order valence-corrected chi connectivity index (χ4v) is 4.32. The molecule has 1 N–H and O–H groups in total. The minimum Gasteiger partial charge on any atom is -0.350 e. The summed E-state index contributed by atoms with van der Waals surface area (Å²) >= 11 is 0. The molecule has 1 amide bonds. The molecule has 1 aliphatic carbocycles. The topological polar surface area (TPSA) is 63.1 Å². The van der Waals surface area contributed by atoms with Gasteiger partial charge in [-0.05, 0) is 51.1 Å². The van der Waals surface area contributed by atoms with E-state index >= 15 is 0 Å². The van der Waals surface area contributed by atoms with E-state index in [1.807, 2.05) is 38.6 Å². The number of carbonyl (C=O) groups excluding carboxylic acids is 1. The van der Waals surface area contributed by atoms with Gasteiger partial charge in [-0.1, -0.05) is 37.1 Å². The Bertz CT molecular complexity index is 1000. The number of aromatic nitrogens is 3. The van der Waals surface area contributed by atoms with Crippen LogP contribution in [-0.2, 0) is 0 Å². The van der Waals surface area contributed by atoms with Crippen molar-refractivity contribution in [2.45, 2.75) is 44.7 Å². The third-order valence-electron chi connectivity index (χ3n) is 6.02. The van der Waals surface area contributed by atoms with Gasteiger partial charge in [0.05, 0.1) is 17.9 Å². The second-order valence-corrected chi connectivity index (χ2v) is 8.20. The molecule has 1 atom stereocenters. The highest BCUT2D eigenvalue weighted by molar-refractivity contribution is 5.96. The Kier molecular flexibility index (Phi) is 5.62. The van der Waals surface area contributed by atoms with Crippen molar-refractivity contribution >= 4 is 17.1 Å². The summed E-state index contributed by atoms with van der Waals surface area (Å²) < 4.78 is 2.17. The largest absolute Gasteiger partial charge is 0.350 e. The van der Waals surface area contributed by atoms with Gasteiger partial charge in [0.2, 0.25) is 0 Å². The van der Waals surface area contributed by atoms with Gasteiger partial charge >= 0.3 is 0 Å². The molecule has 0 spiro atoms. The fraction of sp³-hybridized carbons (Fsp3) is 0.435. The SMILES string of the molecule is Cc1ccccc1C(CNC(=O)c1cnc2c(c1)ncn2C1CCCC1)N(C)C. The van der Waals surface area contributed by atoms with Crippen molar-refractivity contribution in [2.24, 2.45) is 0 Å². The van der Waals surface area contributed by atoms with Gasteiger partial charge in [-0.3, -0.25) is 4.79 Å². The summed E-state index contributed by atoms with van der Waals surface area (Å²) in [6.45, 7) is 2.64. The normalized spacial score (nSPS) is 15.9. The van der Waals surface area contributed by atoms with Crippen LogP contribution in [0.5, 0.6) is 0 Å². The molecule has 0 bridgehead atoms. The van der Waals surface area contributed by atoms with Crippen LogP contribution in [0.1, 0.15) is 59.3 Å². The maximum absolute atomic E-state index is 12.8. The molecule has 152 valence electrons. The zero-order chi connectivity index (χ0) is 20.4. The van der Waals surface area contributed by atoms with Crippen LogP contribution in [0.4, 0.5) is 0 Å². The average molecular weight is 392 g/mol. The van der Waals surface area contributed by atoms with E-state index in [0.29, 0.717) is 18.2 Å². The Morgan fingerprint density at radius 3 is 2.72 bits per heavy atom. The van der Waals surface area contributed by atoms with Crippen LogP contribution < -0.4 is 5.32 Å². The summed E-state index contributed by atoms with van der Waals surface area (Å²) in [4.78, 5) is 24.0. The van der Waals surface area contributed by atoms with E-state index in [1.54, 1.807) is 6.20 Å². The summed E-state index contributed by atoms with van der Waals surface area (Å²) in [6.07, 6.45) is 8.43. The molecule has 1 aliphatic rings. The average Bonchev–Trinajstić information content (AvgIpc) is 3.37. The first-order chi connectivity index (χ1) is 14.0. The highest BCUT2D eigenvalue weighted by Crippen LogP contribution is 2.31. The predicted molar refractivity (Wildman–Crippen MR) is 115 cm³/mol. The van der Waals surface area contributed by atoms with Crippen LogP contribution >= 0.6 is 0 Å². The smallest absolute Gasteiger partial charge is 0.252 e. The van der Waals surface area contributed by atoms with E-state index in [2.05, 4.69) is 43.8 Å². The lowest BCUT2D eigenvalue weighted by atomic mass is 10.0. The molecule has 6 nitrogen and oxygen atoms in total. The molecule has 0 aliphatic heterocycles. The summed E-state index contributed by atoms with van der Waals surface area (Å²) in [6, 6.07) is 10.7. The van der Waals surface area contributed by atoms with E-state index in [9.17, 15) is 4.79 Å². The van der Waals surface area contributed by atoms with E-state index in [-0.39, 0.29) is 11.9 Å². The summed E-state index contributed by atoms with van der Waals surface area (Å²) in [7, 11) is 4.07. The van der Waals surface area contributed by atoms with Gasteiger partial charge in [0.1, 0.15) is 5.52 Å². The number of likely N-dealkylation sites (N-methyl/N-ethyl adjacent to an activating group) is 1. The minimum atomic E-state index is -0.116. The quantitative estimate of drug-likeness (QED) is 0.692. The number of nitrogens with one attached hydrogen (secondary N) is 1. The van der Waals surface area contributed by atoms with Crippen LogP contribution in [0.25, 0.3) is 11.2 Å². The molecule has 4 rings (SSSR count). The highest BCUT2D eigenvalue weighted by Gasteiger charge is 2.21. The van der Waals surface area contributed by atoms with Crippen LogP contribution in [0, 0.1) is 6.92 Å². The molecule has 1 fully saturated rings. The highest BCUT2D eigenvalue weighted by atomic mass is 16.1. The van der Waals surface area contributed by atoms with Crippen molar-refractivity contribution in [3.63, 3.8) is 0 Å². The van der Waals surface area contributed by atoms with Crippen molar-refractivity contribution in [2.75, 3.05) is 20.6 Å². The first-order valence-electron chi connectivity index (χ1n) is 10.4. The third kappa shape index (κ3) is 4.03. The van der Waals surface area contributed by atoms with Crippen LogP contribution in [-0.4, -0.2) is 46.0 Å². The molecule has 0 radical (unpaired) electrons. The molecule has 0 saturated heterocycles. The summed E-state index contributed by atoms with van der Waals surface area (Å²) in [5.41, 5.74) is 4.66. The predicted octanol–water partition coefficient (Wildman–Crippen LogP) is 3.89. The van der Waals surface area contributed by atoms with E-state index in [0.717, 1.165) is 11.2 Å². The number of aryl methyl sites for hydroxylation is 1. The Morgan fingerprint density at radius 1 is 1.24 bits per heavy atom. The standard InChI is InChI=1S/C23H29N5O/c1-16-8-4-7-11-19(16)21(27(2)3)14-25-23(29)17-12-20-22(24-13-17)28(15-26-20)18-9-5-6-10-18/h4,7-8,11-13,15,18,21H,5-6,9-10,14H2,1-3H3,(H,25,29). The van der Waals surface area contributed by atoms with Crippen LogP contribution in [0.15, 0.2) is 42.9 Å². The maximum atomic E-state index is 12.8. The minimum absolute atomic E-state index is 0.110. The molecule has 3 aromatic rings. The Morgan fingerprint density at radius 2 is 2.00 bits per heavy atom. The van der Waals surface area contributed by atoms with E-state index in [4.69, 9.17) is 0 Å². The van der Waals surface area contributed by atoms with Gasteiger partial charge in [-0.15, -0.1) is 0 Å². The van der Waals surface area contributed by atoms with Crippen molar-refractivity contribution in [1.82, 2.24) is 24.8 Å². The molecule has 1 aromatic carbocycles. The monoisotopic (exact) mass is 391 g/mol. The second-order valence-electron chi connectivity index (χ2n) is 8.20. The van der Waals surface area contributed by atoms with Crippen LogP contribution in [0.2, 0.25) is 0 Å². The number of rotatable bonds is 6. The van der Waals surface area contributed by atoms with E-state index < -0.39 is 0 Å². The lowest BCUT2D eigenvalue weighted by molar-refractivity contribution is 0.0941. The summed E-state index contributed by atoms with van der Waals surface area (Å²) in [5.74, 6) is -0.116. The van der Waals surface area contributed by atoms with Gasteiger partial charge in [-0.2, -0.15) is 0 Å². The Hall–Kier alpha value is -2.73. The van der Waals surface area contributed by atoms with Crippen molar-refractivity contribution in [3.05, 3.63) is 59.5 Å². The molecule has 29 heavy (non-hydrogen) atoms. The molecule has 1 saturated carbocycles. The van der Waals surface area contributed by atoms with E-state index in [1.165, 1.54) is 36.8 Å². The zero-order valence-electron chi connectivity index (χ0n) is 17.4. The van der Waals surface area contributed by atoms with Crippen LogP contribution in [0.3, 0.4) is 0 Å². The number of fused-ring (bicyclic) bond motifs is 1. The Labute approximate surface area is 172 Å². The molecular weight excluding hydrogens is 362 g/mol. The number of hydrogen-bond donors (Lipinski definition) is 1. The number of hydrogen-bond acceptors (Lipinski definition) is 4. The first kappa shape index (κ1) is 19.6. The van der Waals surface area contributed by atoms with Gasteiger partial charge < -0.3 is 14.8 Å². The molecule has 1 unspecified atom stereocenters. The van der Waals surface area contributed by atoms with Gasteiger partial charge in [-0.25, -0.2) is 9.97 Å². The molecule has 6 heteroatoms. The first-order valence-corrected chi connectivity index (χ1v) is 10.4. The van der Waals surface area contributed by atoms with Gasteiger partial charge in [0.25, 0.3) is 5.91 Å². The summed E-state index contributed by atoms with van der Waals surface area (Å²) in [5, 5.41) is 3.08. The van der Waals surface area contributed by atoms with Gasteiger partial charge in [0, 0.05) is 18.8 Å². The maximum Gasteiger partial charge on any atom is 0.252 e. The molecular formula is C23H29N5O. The number of benzene rings is 1. The second kappa shape index (κ2) is 8.33. The molecule has 2 heterocycles. The number of imidazole rings is 1. The Balaban J connectivity index is 1.49. The number of pyridine rings is 1. The lowest BCUT2D eigenvalue weighted by Gasteiger charge is -2.26.